The van der Waals surface area contributed by atoms with E-state index in [4.69, 9.17) is 0 Å². The van der Waals surface area contributed by atoms with Crippen molar-refractivity contribution in [2.45, 2.75) is 6.92 Å². The highest BCUT2D eigenvalue weighted by Gasteiger charge is 2.11. The van der Waals surface area contributed by atoms with Crippen molar-refractivity contribution in [1.82, 2.24) is 4.98 Å². The lowest BCUT2D eigenvalue weighted by Crippen LogP contribution is -2.01. The predicted octanol–water partition coefficient (Wildman–Crippen LogP) is 5.61. The van der Waals surface area contributed by atoms with Crippen molar-refractivity contribution in [2.24, 2.45) is 5.10 Å². The van der Waals surface area contributed by atoms with E-state index in [0.29, 0.717) is 5.01 Å². The Bertz CT molecular complexity index is 1170. The second-order valence-corrected chi connectivity index (χ2v) is 7.01. The van der Waals surface area contributed by atoms with Crippen LogP contribution in [0, 0.1) is 18.3 Å². The third-order valence-electron chi connectivity index (χ3n) is 4.21. The zero-order valence-corrected chi connectivity index (χ0v) is 15.5. The molecule has 0 radical (unpaired) electrons. The largest absolute Gasteiger partial charge is 0.277 e. The molecule has 27 heavy (non-hydrogen) atoms. The van der Waals surface area contributed by atoms with Crippen LogP contribution in [0.25, 0.3) is 22.0 Å². The quantitative estimate of drug-likeness (QED) is 0.376. The molecule has 0 saturated heterocycles. The summed E-state index contributed by atoms with van der Waals surface area (Å²) < 4.78 is 0. The fourth-order valence-electron chi connectivity index (χ4n) is 2.73. The van der Waals surface area contributed by atoms with E-state index in [0.717, 1.165) is 16.9 Å². The SMILES string of the molecule is Cc1ccc(NN=C(C#N)c2nc(-c3ccc4ccccc4c3)cs2)cc1. The number of hydrogen-bond donors (Lipinski definition) is 1. The van der Waals surface area contributed by atoms with E-state index in [1.807, 2.05) is 48.7 Å². The monoisotopic (exact) mass is 368 g/mol. The van der Waals surface area contributed by atoms with Crippen molar-refractivity contribution in [1.29, 1.82) is 5.26 Å². The molecule has 0 saturated carbocycles. The van der Waals surface area contributed by atoms with Crippen LogP contribution in [0.4, 0.5) is 5.69 Å². The van der Waals surface area contributed by atoms with E-state index >= 15 is 0 Å². The van der Waals surface area contributed by atoms with Gasteiger partial charge >= 0.3 is 0 Å². The van der Waals surface area contributed by atoms with E-state index in [-0.39, 0.29) is 5.71 Å². The minimum atomic E-state index is 0.271. The molecule has 0 atom stereocenters. The van der Waals surface area contributed by atoms with Crippen LogP contribution >= 0.6 is 11.3 Å². The van der Waals surface area contributed by atoms with E-state index in [9.17, 15) is 5.26 Å². The molecule has 5 heteroatoms. The number of nitrogens with one attached hydrogen (secondary N) is 1. The van der Waals surface area contributed by atoms with Gasteiger partial charge in [0.25, 0.3) is 0 Å². The predicted molar refractivity (Wildman–Crippen MR) is 112 cm³/mol. The first-order valence-corrected chi connectivity index (χ1v) is 9.36. The summed E-state index contributed by atoms with van der Waals surface area (Å²) in [6.07, 6.45) is 0. The first-order chi connectivity index (χ1) is 13.2. The zero-order chi connectivity index (χ0) is 18.6. The number of thiazole rings is 1. The fourth-order valence-corrected chi connectivity index (χ4v) is 3.50. The highest BCUT2D eigenvalue weighted by atomic mass is 32.1. The van der Waals surface area contributed by atoms with Crippen LogP contribution in [0.2, 0.25) is 0 Å². The van der Waals surface area contributed by atoms with Crippen LogP contribution in [0.15, 0.2) is 77.2 Å². The molecular weight excluding hydrogens is 352 g/mol. The van der Waals surface area contributed by atoms with Gasteiger partial charge in [-0.2, -0.15) is 10.4 Å². The van der Waals surface area contributed by atoms with Gasteiger partial charge < -0.3 is 0 Å². The number of hydrogen-bond acceptors (Lipinski definition) is 5. The van der Waals surface area contributed by atoms with E-state index < -0.39 is 0 Å². The van der Waals surface area contributed by atoms with Gasteiger partial charge in [0.05, 0.1) is 11.4 Å². The van der Waals surface area contributed by atoms with Crippen LogP contribution in [0.5, 0.6) is 0 Å². The minimum Gasteiger partial charge on any atom is -0.277 e. The lowest BCUT2D eigenvalue weighted by Gasteiger charge is -2.01. The molecule has 4 rings (SSSR count). The maximum absolute atomic E-state index is 9.47. The Morgan fingerprint density at radius 1 is 1.04 bits per heavy atom. The van der Waals surface area contributed by atoms with Crippen molar-refractivity contribution >= 4 is 33.5 Å². The first-order valence-electron chi connectivity index (χ1n) is 8.48. The summed E-state index contributed by atoms with van der Waals surface area (Å²) >= 11 is 1.42. The molecule has 4 aromatic rings. The van der Waals surface area contributed by atoms with Crippen molar-refractivity contribution in [3.63, 3.8) is 0 Å². The van der Waals surface area contributed by atoms with Crippen LogP contribution in [0.3, 0.4) is 0 Å². The maximum atomic E-state index is 9.47. The molecule has 0 unspecified atom stereocenters. The molecule has 0 aliphatic heterocycles. The van der Waals surface area contributed by atoms with E-state index in [2.05, 4.69) is 51.9 Å². The van der Waals surface area contributed by atoms with Gasteiger partial charge in [0.1, 0.15) is 6.07 Å². The summed E-state index contributed by atoms with van der Waals surface area (Å²) in [7, 11) is 0. The summed E-state index contributed by atoms with van der Waals surface area (Å²) in [5.74, 6) is 0. The molecule has 1 heterocycles. The Morgan fingerprint density at radius 2 is 1.81 bits per heavy atom. The molecule has 0 aliphatic carbocycles. The van der Waals surface area contributed by atoms with Gasteiger partial charge in [-0.25, -0.2) is 4.98 Å². The molecule has 4 nitrogen and oxygen atoms in total. The van der Waals surface area contributed by atoms with Crippen molar-refractivity contribution in [3.8, 4) is 17.3 Å². The van der Waals surface area contributed by atoms with Gasteiger partial charge in [-0.05, 0) is 35.9 Å². The fraction of sp³-hybridized carbons (Fsp3) is 0.0455. The Balaban J connectivity index is 1.60. The van der Waals surface area contributed by atoms with E-state index in [1.54, 1.807) is 0 Å². The van der Waals surface area contributed by atoms with E-state index in [1.165, 1.54) is 27.7 Å². The Kier molecular flexibility index (Phi) is 4.65. The highest BCUT2D eigenvalue weighted by Crippen LogP contribution is 2.26. The Morgan fingerprint density at radius 3 is 2.59 bits per heavy atom. The second kappa shape index (κ2) is 7.40. The third-order valence-corrected chi connectivity index (χ3v) is 5.06. The Labute approximate surface area is 161 Å². The summed E-state index contributed by atoms with van der Waals surface area (Å²) in [6.45, 7) is 2.03. The summed E-state index contributed by atoms with van der Waals surface area (Å²) in [6, 6.07) is 24.4. The maximum Gasteiger partial charge on any atom is 0.196 e. The average molecular weight is 368 g/mol. The van der Waals surface area contributed by atoms with Gasteiger partial charge in [0.2, 0.25) is 0 Å². The number of aryl methyl sites for hydroxylation is 1. The lowest BCUT2D eigenvalue weighted by molar-refractivity contribution is 1.30. The standard InChI is InChI=1S/C22H16N4S/c1-15-6-10-19(11-7-15)25-26-20(13-23)22-24-21(14-27-22)18-9-8-16-4-2-3-5-17(16)12-18/h2-12,14,25H,1H3. The molecule has 0 bridgehead atoms. The van der Waals surface area contributed by atoms with Crippen molar-refractivity contribution in [3.05, 3.63) is 82.7 Å². The van der Waals surface area contributed by atoms with Gasteiger partial charge in [-0.3, -0.25) is 5.43 Å². The molecule has 130 valence electrons. The summed E-state index contributed by atoms with van der Waals surface area (Å²) in [5.41, 5.74) is 7.08. The van der Waals surface area contributed by atoms with Crippen molar-refractivity contribution in [2.75, 3.05) is 5.43 Å². The molecule has 0 fully saturated rings. The summed E-state index contributed by atoms with van der Waals surface area (Å²) in [5, 5.41) is 18.6. The summed E-state index contributed by atoms with van der Waals surface area (Å²) in [4.78, 5) is 4.61. The molecule has 0 spiro atoms. The molecule has 0 amide bonds. The number of benzene rings is 3. The number of nitriles is 1. The number of rotatable bonds is 4. The minimum absolute atomic E-state index is 0.271. The van der Waals surface area contributed by atoms with Crippen LogP contribution in [0.1, 0.15) is 10.6 Å². The van der Waals surface area contributed by atoms with Crippen LogP contribution in [-0.2, 0) is 0 Å². The van der Waals surface area contributed by atoms with Crippen LogP contribution in [-0.4, -0.2) is 10.7 Å². The number of fused-ring (bicyclic) bond motifs is 1. The first kappa shape index (κ1) is 17.0. The molecule has 0 aliphatic rings. The van der Waals surface area contributed by atoms with Gasteiger partial charge in [0.15, 0.2) is 10.7 Å². The molecular formula is C22H16N4S. The normalized spacial score (nSPS) is 11.3. The van der Waals surface area contributed by atoms with Crippen molar-refractivity contribution < 1.29 is 0 Å². The highest BCUT2D eigenvalue weighted by molar-refractivity contribution is 7.12. The van der Waals surface area contributed by atoms with Gasteiger partial charge in [-0.15, -0.1) is 11.3 Å². The van der Waals surface area contributed by atoms with Gasteiger partial charge in [-0.1, -0.05) is 54.1 Å². The number of anilines is 1. The average Bonchev–Trinajstić information content (AvgIpc) is 3.19. The Hall–Kier alpha value is -3.49. The van der Waals surface area contributed by atoms with Crippen LogP contribution < -0.4 is 5.43 Å². The number of aromatic nitrogens is 1. The topological polar surface area (TPSA) is 61.1 Å². The number of nitrogens with zero attached hydrogens (tertiary/aromatic N) is 3. The second-order valence-electron chi connectivity index (χ2n) is 6.15. The third kappa shape index (κ3) is 3.71. The lowest BCUT2D eigenvalue weighted by atomic mass is 10.1. The molecule has 1 N–H and O–H groups in total. The number of hydrazone groups is 1. The zero-order valence-electron chi connectivity index (χ0n) is 14.7. The van der Waals surface area contributed by atoms with Gasteiger partial charge in [0, 0.05) is 10.9 Å². The molecule has 1 aromatic heterocycles. The molecule has 3 aromatic carbocycles. The smallest absolute Gasteiger partial charge is 0.196 e.